The summed E-state index contributed by atoms with van der Waals surface area (Å²) in [7, 11) is 0. The topological polar surface area (TPSA) is 55.6 Å². The smallest absolute Gasteiger partial charge is 0.414 e. The highest BCUT2D eigenvalue weighted by Crippen LogP contribution is 2.25. The number of ether oxygens (including phenoxy) is 1. The number of benzene rings is 1. The van der Waals surface area contributed by atoms with E-state index in [1.807, 2.05) is 22.6 Å². The van der Waals surface area contributed by atoms with E-state index in [2.05, 4.69) is 0 Å². The van der Waals surface area contributed by atoms with Gasteiger partial charge in [0.05, 0.1) is 11.7 Å². The zero-order chi connectivity index (χ0) is 11.7. The molecule has 86 valence electrons. The number of cyclic esters (lactones) is 1. The summed E-state index contributed by atoms with van der Waals surface area (Å²) in [6.07, 6.45) is -0.476. The molecule has 1 heterocycles. The monoisotopic (exact) mass is 336 g/mol. The van der Waals surface area contributed by atoms with Crippen LogP contribution in [0, 0.1) is 9.39 Å². The lowest BCUT2D eigenvalue weighted by Gasteiger charge is -2.20. The molecule has 6 heteroatoms. The van der Waals surface area contributed by atoms with E-state index in [1.165, 1.54) is 11.0 Å². The second-order valence-corrected chi connectivity index (χ2v) is 4.60. The first-order chi connectivity index (χ1) is 7.63. The van der Waals surface area contributed by atoms with Crippen molar-refractivity contribution >= 4 is 34.4 Å². The van der Waals surface area contributed by atoms with E-state index in [0.29, 0.717) is 15.8 Å². The van der Waals surface area contributed by atoms with Crippen LogP contribution in [-0.2, 0) is 4.74 Å². The number of hydrogen-bond acceptors (Lipinski definition) is 3. The van der Waals surface area contributed by atoms with E-state index in [1.54, 1.807) is 12.1 Å². The van der Waals surface area contributed by atoms with E-state index in [9.17, 15) is 9.18 Å². The SMILES string of the molecule is NC[C@H]1COC(=O)N1c1ccc(I)c(F)c1. The van der Waals surface area contributed by atoms with Gasteiger partial charge in [-0.3, -0.25) is 4.90 Å². The number of amides is 1. The second-order valence-electron chi connectivity index (χ2n) is 3.43. The largest absolute Gasteiger partial charge is 0.447 e. The lowest BCUT2D eigenvalue weighted by atomic mass is 10.2. The number of nitrogens with zero attached hydrogens (tertiary/aromatic N) is 1. The number of halogens is 2. The average molecular weight is 336 g/mol. The molecule has 0 saturated carbocycles. The third kappa shape index (κ3) is 1.99. The Kier molecular flexibility index (Phi) is 3.29. The number of rotatable bonds is 2. The number of carbonyl (C=O) groups excluding carboxylic acids is 1. The van der Waals surface area contributed by atoms with Crippen molar-refractivity contribution < 1.29 is 13.9 Å². The Morgan fingerprint density at radius 2 is 2.38 bits per heavy atom. The van der Waals surface area contributed by atoms with Gasteiger partial charge in [0.1, 0.15) is 12.4 Å². The summed E-state index contributed by atoms with van der Waals surface area (Å²) < 4.78 is 18.8. The van der Waals surface area contributed by atoms with Gasteiger partial charge in [0.15, 0.2) is 0 Å². The van der Waals surface area contributed by atoms with Crippen LogP contribution in [0.15, 0.2) is 18.2 Å². The molecule has 0 unspecified atom stereocenters. The summed E-state index contributed by atoms with van der Waals surface area (Å²) in [4.78, 5) is 12.9. The minimum Gasteiger partial charge on any atom is -0.447 e. The lowest BCUT2D eigenvalue weighted by Crippen LogP contribution is -2.38. The summed E-state index contributed by atoms with van der Waals surface area (Å²) >= 11 is 1.89. The maximum absolute atomic E-state index is 13.4. The molecule has 0 aliphatic carbocycles. The molecule has 2 N–H and O–H groups in total. The van der Waals surface area contributed by atoms with Crippen molar-refractivity contribution in [3.63, 3.8) is 0 Å². The first-order valence-electron chi connectivity index (χ1n) is 4.74. The van der Waals surface area contributed by atoms with Gasteiger partial charge in [-0.05, 0) is 40.8 Å². The van der Waals surface area contributed by atoms with Crippen LogP contribution in [0.2, 0.25) is 0 Å². The van der Waals surface area contributed by atoms with Crippen molar-refractivity contribution in [2.45, 2.75) is 6.04 Å². The Morgan fingerprint density at radius 1 is 1.62 bits per heavy atom. The zero-order valence-corrected chi connectivity index (χ0v) is 10.5. The van der Waals surface area contributed by atoms with Crippen molar-refractivity contribution in [3.8, 4) is 0 Å². The number of nitrogens with two attached hydrogens (primary N) is 1. The Labute approximate surface area is 106 Å². The van der Waals surface area contributed by atoms with E-state index < -0.39 is 6.09 Å². The quantitative estimate of drug-likeness (QED) is 0.837. The fraction of sp³-hybridized carbons (Fsp3) is 0.300. The average Bonchev–Trinajstić information content (AvgIpc) is 2.64. The van der Waals surface area contributed by atoms with Crippen LogP contribution in [0.3, 0.4) is 0 Å². The predicted molar refractivity (Wildman–Crippen MR) is 65.8 cm³/mol. The van der Waals surface area contributed by atoms with Crippen LogP contribution in [0.25, 0.3) is 0 Å². The maximum atomic E-state index is 13.4. The van der Waals surface area contributed by atoms with Gasteiger partial charge in [0, 0.05) is 10.1 Å². The van der Waals surface area contributed by atoms with Crippen LogP contribution in [0.1, 0.15) is 0 Å². The van der Waals surface area contributed by atoms with Crippen molar-refractivity contribution in [3.05, 3.63) is 27.6 Å². The van der Waals surface area contributed by atoms with Crippen LogP contribution in [0.5, 0.6) is 0 Å². The molecule has 1 aliphatic rings. The molecule has 0 radical (unpaired) electrons. The number of hydrogen-bond donors (Lipinski definition) is 1. The summed E-state index contributed by atoms with van der Waals surface area (Å²) in [5.74, 6) is -0.353. The summed E-state index contributed by atoms with van der Waals surface area (Å²) in [5.41, 5.74) is 6.00. The first kappa shape index (κ1) is 11.6. The standard InChI is InChI=1S/C10H10FIN2O2/c11-8-3-6(1-2-9(8)12)14-7(4-13)5-16-10(14)15/h1-3,7H,4-5,13H2/t7-/m0/s1. The van der Waals surface area contributed by atoms with Gasteiger partial charge in [-0.15, -0.1) is 0 Å². The van der Waals surface area contributed by atoms with Gasteiger partial charge in [0.25, 0.3) is 0 Å². The molecule has 1 amide bonds. The normalized spacial score (nSPS) is 20.1. The Hall–Kier alpha value is -0.890. The van der Waals surface area contributed by atoms with E-state index in [0.717, 1.165) is 0 Å². The molecule has 0 aromatic heterocycles. The molecule has 1 aliphatic heterocycles. The summed E-state index contributed by atoms with van der Waals surface area (Å²) in [6, 6.07) is 4.40. The van der Waals surface area contributed by atoms with E-state index in [-0.39, 0.29) is 18.5 Å². The number of carbonyl (C=O) groups is 1. The predicted octanol–water partition coefficient (Wildman–Crippen LogP) is 1.71. The fourth-order valence-corrected chi connectivity index (χ4v) is 1.92. The van der Waals surface area contributed by atoms with Gasteiger partial charge < -0.3 is 10.5 Å². The van der Waals surface area contributed by atoms with Gasteiger partial charge in [-0.2, -0.15) is 0 Å². The van der Waals surface area contributed by atoms with Crippen LogP contribution in [-0.4, -0.2) is 25.3 Å². The second kappa shape index (κ2) is 4.54. The molecular weight excluding hydrogens is 326 g/mol. The molecule has 1 fully saturated rings. The van der Waals surface area contributed by atoms with Gasteiger partial charge in [0.2, 0.25) is 0 Å². The van der Waals surface area contributed by atoms with Gasteiger partial charge in [-0.1, -0.05) is 0 Å². The third-order valence-corrected chi connectivity index (χ3v) is 3.29. The van der Waals surface area contributed by atoms with Gasteiger partial charge >= 0.3 is 6.09 Å². The Morgan fingerprint density at radius 3 is 3.00 bits per heavy atom. The highest BCUT2D eigenvalue weighted by molar-refractivity contribution is 14.1. The minimum absolute atomic E-state index is 0.216. The molecule has 16 heavy (non-hydrogen) atoms. The molecule has 1 aromatic carbocycles. The molecule has 0 bridgehead atoms. The highest BCUT2D eigenvalue weighted by Gasteiger charge is 2.33. The van der Waals surface area contributed by atoms with Crippen molar-refractivity contribution in [2.75, 3.05) is 18.1 Å². The molecule has 4 nitrogen and oxygen atoms in total. The van der Waals surface area contributed by atoms with E-state index >= 15 is 0 Å². The molecule has 0 spiro atoms. The molecule has 1 aromatic rings. The molecular formula is C10H10FIN2O2. The fourth-order valence-electron chi connectivity index (χ4n) is 1.59. The lowest BCUT2D eigenvalue weighted by molar-refractivity contribution is 0.179. The van der Waals surface area contributed by atoms with Crippen molar-refractivity contribution in [1.29, 1.82) is 0 Å². The van der Waals surface area contributed by atoms with Crippen LogP contribution in [0.4, 0.5) is 14.9 Å². The van der Waals surface area contributed by atoms with E-state index in [4.69, 9.17) is 10.5 Å². The van der Waals surface area contributed by atoms with Crippen molar-refractivity contribution in [1.82, 2.24) is 0 Å². The first-order valence-corrected chi connectivity index (χ1v) is 5.82. The zero-order valence-electron chi connectivity index (χ0n) is 8.32. The van der Waals surface area contributed by atoms with Gasteiger partial charge in [-0.25, -0.2) is 9.18 Å². The summed E-state index contributed by atoms with van der Waals surface area (Å²) in [5, 5.41) is 0. The number of anilines is 1. The van der Waals surface area contributed by atoms with Crippen LogP contribution >= 0.6 is 22.6 Å². The highest BCUT2D eigenvalue weighted by atomic mass is 127. The third-order valence-electron chi connectivity index (χ3n) is 2.41. The maximum Gasteiger partial charge on any atom is 0.414 e. The minimum atomic E-state index is -0.476. The van der Waals surface area contributed by atoms with Crippen LogP contribution < -0.4 is 10.6 Å². The summed E-state index contributed by atoms with van der Waals surface area (Å²) in [6.45, 7) is 0.544. The molecule has 2 rings (SSSR count). The molecule has 1 saturated heterocycles. The Bertz CT molecular complexity index is 427. The van der Waals surface area contributed by atoms with Crippen molar-refractivity contribution in [2.24, 2.45) is 5.73 Å². The Balaban J connectivity index is 2.35. The molecule has 1 atom stereocenters.